The molecule has 0 bridgehead atoms. The van der Waals surface area contributed by atoms with Crippen molar-refractivity contribution in [2.75, 3.05) is 40.0 Å². The Kier molecular flexibility index (Phi) is 7.51. The maximum atomic E-state index is 12.2. The van der Waals surface area contributed by atoms with Crippen LogP contribution in [0.2, 0.25) is 0 Å². The van der Waals surface area contributed by atoms with Crippen molar-refractivity contribution in [3.63, 3.8) is 0 Å². The van der Waals surface area contributed by atoms with E-state index in [-0.39, 0.29) is 24.5 Å². The van der Waals surface area contributed by atoms with Gasteiger partial charge in [-0.25, -0.2) is 0 Å². The van der Waals surface area contributed by atoms with Crippen LogP contribution in [0, 0.1) is 0 Å². The monoisotopic (exact) mass is 340 g/mol. The lowest BCUT2D eigenvalue weighted by Crippen LogP contribution is -2.47. The van der Waals surface area contributed by atoms with Gasteiger partial charge >= 0.3 is 0 Å². The number of nitrogens with zero attached hydrogens (tertiary/aromatic N) is 1. The molecule has 23 heavy (non-hydrogen) atoms. The van der Waals surface area contributed by atoms with Crippen LogP contribution in [0.5, 0.6) is 0 Å². The summed E-state index contributed by atoms with van der Waals surface area (Å²) in [6, 6.07) is 4.07. The molecule has 1 fully saturated rings. The second-order valence-corrected chi connectivity index (χ2v) is 6.56. The molecule has 0 aliphatic carbocycles. The first-order valence-corrected chi connectivity index (χ1v) is 8.73. The maximum Gasteiger partial charge on any atom is 0.246 e. The Balaban J connectivity index is 1.63. The average molecular weight is 340 g/mol. The van der Waals surface area contributed by atoms with Crippen molar-refractivity contribution in [1.29, 1.82) is 0 Å². The molecule has 0 aromatic carbocycles. The van der Waals surface area contributed by atoms with Gasteiger partial charge in [0.15, 0.2) is 0 Å². The van der Waals surface area contributed by atoms with Crippen LogP contribution in [-0.4, -0.2) is 62.8 Å². The van der Waals surface area contributed by atoms with Gasteiger partial charge in [-0.05, 0) is 24.3 Å². The first-order chi connectivity index (χ1) is 11.2. The van der Waals surface area contributed by atoms with E-state index in [0.717, 1.165) is 17.7 Å². The van der Waals surface area contributed by atoms with E-state index in [1.165, 1.54) is 0 Å². The lowest BCUT2D eigenvalue weighted by atomic mass is 10.0. The third-order valence-corrected chi connectivity index (χ3v) is 4.66. The van der Waals surface area contributed by atoms with Crippen molar-refractivity contribution in [2.45, 2.75) is 25.3 Å². The number of likely N-dealkylation sites (tertiary alicyclic amines) is 1. The number of nitrogens with one attached hydrogen (secondary N) is 1. The first kappa shape index (κ1) is 17.9. The number of methoxy groups -OCH3 is 1. The summed E-state index contributed by atoms with van der Waals surface area (Å²) in [6.45, 7) is 2.35. The van der Waals surface area contributed by atoms with Crippen LogP contribution in [0.15, 0.2) is 17.5 Å². The molecular formula is C16H24N2O4S. The number of hydrogen-bond acceptors (Lipinski definition) is 5. The molecule has 0 unspecified atom stereocenters. The third kappa shape index (κ3) is 6.29. The molecule has 1 aromatic heterocycles. The van der Waals surface area contributed by atoms with E-state index in [1.54, 1.807) is 18.4 Å². The fourth-order valence-electron chi connectivity index (χ4n) is 2.52. The highest BCUT2D eigenvalue weighted by atomic mass is 32.1. The molecule has 7 heteroatoms. The Morgan fingerprint density at radius 3 is 2.78 bits per heavy atom. The molecule has 0 spiro atoms. The Hall–Kier alpha value is -1.44. The summed E-state index contributed by atoms with van der Waals surface area (Å²) < 4.78 is 10.0. The van der Waals surface area contributed by atoms with Crippen LogP contribution in [-0.2, 0) is 25.5 Å². The SMILES string of the molecule is COCCOCC(=O)NC1CCN(C(=O)Cc2cccs2)CC1. The van der Waals surface area contributed by atoms with Gasteiger partial charge in [0.25, 0.3) is 0 Å². The fraction of sp³-hybridized carbons (Fsp3) is 0.625. The number of carbonyl (C=O) groups is 2. The number of rotatable bonds is 8. The minimum absolute atomic E-state index is 0.0564. The van der Waals surface area contributed by atoms with Crippen molar-refractivity contribution in [1.82, 2.24) is 10.2 Å². The molecule has 1 saturated heterocycles. The molecule has 0 saturated carbocycles. The molecular weight excluding hydrogens is 316 g/mol. The third-order valence-electron chi connectivity index (χ3n) is 3.78. The van der Waals surface area contributed by atoms with Crippen LogP contribution >= 0.6 is 11.3 Å². The van der Waals surface area contributed by atoms with Gasteiger partial charge in [-0.2, -0.15) is 0 Å². The second kappa shape index (κ2) is 9.64. The van der Waals surface area contributed by atoms with Gasteiger partial charge in [0, 0.05) is 31.1 Å². The Bertz CT molecular complexity index is 484. The fourth-order valence-corrected chi connectivity index (χ4v) is 3.22. The highest BCUT2D eigenvalue weighted by Crippen LogP contribution is 2.15. The molecule has 6 nitrogen and oxygen atoms in total. The number of piperidine rings is 1. The molecule has 1 N–H and O–H groups in total. The Labute approximate surface area is 140 Å². The minimum atomic E-state index is -0.107. The minimum Gasteiger partial charge on any atom is -0.382 e. The van der Waals surface area contributed by atoms with E-state index in [2.05, 4.69) is 5.32 Å². The summed E-state index contributed by atoms with van der Waals surface area (Å²) in [4.78, 5) is 26.9. The predicted molar refractivity (Wildman–Crippen MR) is 88.5 cm³/mol. The zero-order chi connectivity index (χ0) is 16.5. The largest absolute Gasteiger partial charge is 0.382 e. The number of thiophene rings is 1. The van der Waals surface area contributed by atoms with Gasteiger partial charge in [0.2, 0.25) is 11.8 Å². The quantitative estimate of drug-likeness (QED) is 0.719. The molecule has 0 atom stereocenters. The molecule has 1 aliphatic heterocycles. The smallest absolute Gasteiger partial charge is 0.246 e. The van der Waals surface area contributed by atoms with Gasteiger partial charge in [0.05, 0.1) is 19.6 Å². The van der Waals surface area contributed by atoms with E-state index < -0.39 is 0 Å². The van der Waals surface area contributed by atoms with Gasteiger partial charge in [-0.1, -0.05) is 6.07 Å². The molecule has 1 aromatic rings. The summed E-state index contributed by atoms with van der Waals surface area (Å²) in [5.41, 5.74) is 0. The zero-order valence-corrected chi connectivity index (χ0v) is 14.3. The Morgan fingerprint density at radius 2 is 2.13 bits per heavy atom. The highest BCUT2D eigenvalue weighted by Gasteiger charge is 2.23. The zero-order valence-electron chi connectivity index (χ0n) is 13.5. The van der Waals surface area contributed by atoms with Crippen LogP contribution in [0.1, 0.15) is 17.7 Å². The highest BCUT2D eigenvalue weighted by molar-refractivity contribution is 7.10. The van der Waals surface area contributed by atoms with Gasteiger partial charge in [-0.15, -0.1) is 11.3 Å². The summed E-state index contributed by atoms with van der Waals surface area (Å²) >= 11 is 1.61. The molecule has 2 heterocycles. The van der Waals surface area contributed by atoms with Crippen molar-refractivity contribution < 1.29 is 19.1 Å². The second-order valence-electron chi connectivity index (χ2n) is 5.52. The number of ether oxygens (including phenoxy) is 2. The summed E-state index contributed by atoms with van der Waals surface area (Å²) in [5, 5.41) is 4.95. The van der Waals surface area contributed by atoms with Crippen molar-refractivity contribution >= 4 is 23.2 Å². The van der Waals surface area contributed by atoms with E-state index in [0.29, 0.717) is 32.7 Å². The standard InChI is InChI=1S/C16H24N2O4S/c1-21-8-9-22-12-15(19)17-13-4-6-18(7-5-13)16(20)11-14-3-2-10-23-14/h2-3,10,13H,4-9,11-12H2,1H3,(H,17,19). The first-order valence-electron chi connectivity index (χ1n) is 7.85. The molecule has 0 radical (unpaired) electrons. The van der Waals surface area contributed by atoms with Crippen LogP contribution in [0.3, 0.4) is 0 Å². The molecule has 128 valence electrons. The predicted octanol–water partition coefficient (Wildman–Crippen LogP) is 1.06. The van der Waals surface area contributed by atoms with Gasteiger partial charge in [-0.3, -0.25) is 9.59 Å². The summed E-state index contributed by atoms with van der Waals surface area (Å²) in [5.74, 6) is 0.0598. The van der Waals surface area contributed by atoms with Gasteiger partial charge < -0.3 is 19.7 Å². The number of hydrogen-bond donors (Lipinski definition) is 1. The van der Waals surface area contributed by atoms with Crippen LogP contribution in [0.25, 0.3) is 0 Å². The lowest BCUT2D eigenvalue weighted by Gasteiger charge is -2.32. The number of amides is 2. The molecule has 2 rings (SSSR count). The number of carbonyl (C=O) groups excluding carboxylic acids is 2. The van der Waals surface area contributed by atoms with E-state index >= 15 is 0 Å². The van der Waals surface area contributed by atoms with E-state index in [9.17, 15) is 9.59 Å². The summed E-state index contributed by atoms with van der Waals surface area (Å²) in [7, 11) is 1.59. The Morgan fingerprint density at radius 1 is 1.35 bits per heavy atom. The molecule has 2 amide bonds. The van der Waals surface area contributed by atoms with Crippen molar-refractivity contribution in [3.8, 4) is 0 Å². The van der Waals surface area contributed by atoms with Crippen molar-refractivity contribution in [3.05, 3.63) is 22.4 Å². The summed E-state index contributed by atoms with van der Waals surface area (Å²) in [6.07, 6.45) is 2.06. The van der Waals surface area contributed by atoms with E-state index in [4.69, 9.17) is 9.47 Å². The van der Waals surface area contributed by atoms with Crippen LogP contribution in [0.4, 0.5) is 0 Å². The van der Waals surface area contributed by atoms with E-state index in [1.807, 2.05) is 22.4 Å². The topological polar surface area (TPSA) is 67.9 Å². The maximum absolute atomic E-state index is 12.2. The van der Waals surface area contributed by atoms with Crippen molar-refractivity contribution in [2.24, 2.45) is 0 Å². The van der Waals surface area contributed by atoms with Gasteiger partial charge in [0.1, 0.15) is 6.61 Å². The normalized spacial score (nSPS) is 15.6. The lowest BCUT2D eigenvalue weighted by molar-refractivity contribution is -0.131. The van der Waals surface area contributed by atoms with Crippen LogP contribution < -0.4 is 5.32 Å². The molecule has 1 aliphatic rings. The average Bonchev–Trinajstić information content (AvgIpc) is 3.05.